The minimum atomic E-state index is -0.0650. The SMILES string of the molecule is C=CCN(CC(=C)C1BCC1)C(CCS)C(=C)N=O. The molecule has 1 aliphatic heterocycles. The van der Waals surface area contributed by atoms with Crippen molar-refractivity contribution in [1.29, 1.82) is 0 Å². The van der Waals surface area contributed by atoms with Gasteiger partial charge in [0.1, 0.15) is 7.28 Å². The molecule has 104 valence electrons. The lowest BCUT2D eigenvalue weighted by Gasteiger charge is -2.34. The van der Waals surface area contributed by atoms with Crippen LogP contribution in [0.1, 0.15) is 12.8 Å². The third-order valence-corrected chi connectivity index (χ3v) is 4.06. The van der Waals surface area contributed by atoms with Gasteiger partial charge in [0, 0.05) is 13.1 Å². The van der Waals surface area contributed by atoms with Gasteiger partial charge in [-0.1, -0.05) is 37.5 Å². The highest BCUT2D eigenvalue weighted by molar-refractivity contribution is 7.80. The molecule has 1 rings (SSSR count). The zero-order valence-corrected chi connectivity index (χ0v) is 12.4. The summed E-state index contributed by atoms with van der Waals surface area (Å²) in [5.74, 6) is 1.34. The summed E-state index contributed by atoms with van der Waals surface area (Å²) in [7, 11) is 1.24. The van der Waals surface area contributed by atoms with E-state index in [1.807, 2.05) is 6.08 Å². The summed E-state index contributed by atoms with van der Waals surface area (Å²) in [5.41, 5.74) is 1.62. The third-order valence-electron chi connectivity index (χ3n) is 3.80. The Hall–Kier alpha value is -0.805. The zero-order valence-electron chi connectivity index (χ0n) is 11.6. The van der Waals surface area contributed by atoms with Crippen molar-refractivity contribution in [3.63, 3.8) is 0 Å². The van der Waals surface area contributed by atoms with E-state index in [1.54, 1.807) is 0 Å². The standard InChI is InChI=1S/C14H23BN2OS/c1-4-8-17(10-11(2)13-5-7-15-13)14(6-9-19)12(3)16-18/h4,13-15,19H,1-3,5-10H2. The van der Waals surface area contributed by atoms with Crippen LogP contribution in [-0.2, 0) is 0 Å². The van der Waals surface area contributed by atoms with Gasteiger partial charge in [-0.25, -0.2) is 0 Å². The maximum Gasteiger partial charge on any atom is 0.129 e. The average molecular weight is 278 g/mol. The highest BCUT2D eigenvalue weighted by atomic mass is 32.1. The molecule has 0 saturated carbocycles. The lowest BCUT2D eigenvalue weighted by molar-refractivity contribution is 0.256. The molecule has 1 heterocycles. The Balaban J connectivity index is 2.70. The first-order chi connectivity index (χ1) is 9.13. The summed E-state index contributed by atoms with van der Waals surface area (Å²) >= 11 is 4.26. The maximum absolute atomic E-state index is 10.8. The molecule has 0 spiro atoms. The highest BCUT2D eigenvalue weighted by Crippen LogP contribution is 2.33. The van der Waals surface area contributed by atoms with E-state index < -0.39 is 0 Å². The Morgan fingerprint density at radius 2 is 2.26 bits per heavy atom. The van der Waals surface area contributed by atoms with Crippen molar-refractivity contribution in [2.45, 2.75) is 31.0 Å². The summed E-state index contributed by atoms with van der Waals surface area (Å²) in [6.45, 7) is 13.2. The normalized spacial score (nSPS) is 19.2. The first kappa shape index (κ1) is 16.2. The molecule has 0 bridgehead atoms. The van der Waals surface area contributed by atoms with E-state index >= 15 is 0 Å². The number of hydrogen-bond donors (Lipinski definition) is 1. The molecule has 2 atom stereocenters. The van der Waals surface area contributed by atoms with Crippen LogP contribution in [0.2, 0.25) is 12.1 Å². The smallest absolute Gasteiger partial charge is 0.129 e. The topological polar surface area (TPSA) is 32.7 Å². The van der Waals surface area contributed by atoms with E-state index in [-0.39, 0.29) is 6.04 Å². The van der Waals surface area contributed by atoms with Crippen molar-refractivity contribution in [1.82, 2.24) is 4.90 Å². The van der Waals surface area contributed by atoms with Gasteiger partial charge in [0.05, 0.1) is 11.7 Å². The van der Waals surface area contributed by atoms with Gasteiger partial charge in [-0.3, -0.25) is 4.90 Å². The molecular weight excluding hydrogens is 255 g/mol. The predicted octanol–water partition coefficient (Wildman–Crippen LogP) is 3.05. The van der Waals surface area contributed by atoms with Gasteiger partial charge < -0.3 is 0 Å². The van der Waals surface area contributed by atoms with Gasteiger partial charge >= 0.3 is 0 Å². The minimum Gasteiger partial charge on any atom is -0.287 e. The van der Waals surface area contributed by atoms with Gasteiger partial charge in [-0.2, -0.15) is 12.6 Å². The number of thiol groups is 1. The van der Waals surface area contributed by atoms with Gasteiger partial charge in [-0.15, -0.1) is 11.5 Å². The summed E-state index contributed by atoms with van der Waals surface area (Å²) in [5, 5.41) is 3.01. The van der Waals surface area contributed by atoms with Crippen LogP contribution in [0.5, 0.6) is 0 Å². The van der Waals surface area contributed by atoms with E-state index in [4.69, 9.17) is 0 Å². The zero-order chi connectivity index (χ0) is 14.3. The van der Waals surface area contributed by atoms with Crippen LogP contribution in [0, 0.1) is 4.91 Å². The fraction of sp³-hybridized carbons (Fsp3) is 0.571. The van der Waals surface area contributed by atoms with E-state index in [0.29, 0.717) is 23.8 Å². The quantitative estimate of drug-likeness (QED) is 0.288. The van der Waals surface area contributed by atoms with Gasteiger partial charge in [0.2, 0.25) is 0 Å². The van der Waals surface area contributed by atoms with Crippen molar-refractivity contribution in [2.75, 3.05) is 18.8 Å². The number of hydrogen-bond acceptors (Lipinski definition) is 4. The van der Waals surface area contributed by atoms with Crippen molar-refractivity contribution in [3.8, 4) is 0 Å². The Morgan fingerprint density at radius 1 is 1.58 bits per heavy atom. The van der Waals surface area contributed by atoms with Crippen LogP contribution in [0.25, 0.3) is 0 Å². The molecule has 0 aromatic heterocycles. The highest BCUT2D eigenvalue weighted by Gasteiger charge is 2.26. The molecule has 0 aromatic rings. The summed E-state index contributed by atoms with van der Waals surface area (Å²) in [6.07, 6.45) is 5.15. The molecule has 2 unspecified atom stereocenters. The van der Waals surface area contributed by atoms with Crippen molar-refractivity contribution in [2.24, 2.45) is 5.18 Å². The molecule has 0 radical (unpaired) electrons. The third kappa shape index (κ3) is 4.66. The molecule has 3 nitrogen and oxygen atoms in total. The van der Waals surface area contributed by atoms with Crippen LogP contribution in [0.4, 0.5) is 0 Å². The molecule has 5 heteroatoms. The monoisotopic (exact) mass is 278 g/mol. The summed E-state index contributed by atoms with van der Waals surface area (Å²) < 4.78 is 0. The maximum atomic E-state index is 10.8. The van der Waals surface area contributed by atoms with Crippen LogP contribution in [0.15, 0.2) is 42.3 Å². The van der Waals surface area contributed by atoms with Crippen molar-refractivity contribution < 1.29 is 0 Å². The lowest BCUT2D eigenvalue weighted by atomic mass is 9.46. The predicted molar refractivity (Wildman–Crippen MR) is 88.4 cm³/mol. The number of rotatable bonds is 10. The Morgan fingerprint density at radius 3 is 2.68 bits per heavy atom. The number of nitroso groups, excluding NO2 is 1. The second kappa shape index (κ2) is 8.38. The van der Waals surface area contributed by atoms with Crippen molar-refractivity contribution >= 4 is 19.9 Å². The van der Waals surface area contributed by atoms with Crippen LogP contribution in [0.3, 0.4) is 0 Å². The van der Waals surface area contributed by atoms with Gasteiger partial charge in [0.15, 0.2) is 0 Å². The summed E-state index contributed by atoms with van der Waals surface area (Å²) in [6, 6.07) is -0.0650. The molecule has 1 fully saturated rings. The molecule has 1 saturated heterocycles. The molecule has 0 aromatic carbocycles. The first-order valence-electron chi connectivity index (χ1n) is 6.79. The fourth-order valence-corrected chi connectivity index (χ4v) is 2.66. The Labute approximate surface area is 122 Å². The number of nitrogens with zero attached hydrogens (tertiary/aromatic N) is 2. The first-order valence-corrected chi connectivity index (χ1v) is 7.42. The minimum absolute atomic E-state index is 0.0650. The molecule has 1 aliphatic rings. The van der Waals surface area contributed by atoms with Gasteiger partial charge in [0.25, 0.3) is 0 Å². The Kier molecular flexibility index (Phi) is 7.17. The summed E-state index contributed by atoms with van der Waals surface area (Å²) in [4.78, 5) is 12.9. The van der Waals surface area contributed by atoms with E-state index in [1.165, 1.54) is 25.6 Å². The fourth-order valence-electron chi connectivity index (χ4n) is 2.42. The van der Waals surface area contributed by atoms with E-state index in [9.17, 15) is 4.91 Å². The average Bonchev–Trinajstić information content (AvgIpc) is 2.32. The molecular formula is C14H23BN2OS. The van der Waals surface area contributed by atoms with Crippen molar-refractivity contribution in [3.05, 3.63) is 42.0 Å². The lowest BCUT2D eigenvalue weighted by Crippen LogP contribution is -2.39. The second-order valence-electron chi connectivity index (χ2n) is 5.11. The van der Waals surface area contributed by atoms with Crippen LogP contribution < -0.4 is 0 Å². The van der Waals surface area contributed by atoms with E-state index in [0.717, 1.165) is 13.0 Å². The molecule has 0 aliphatic carbocycles. The molecule has 0 N–H and O–H groups in total. The largest absolute Gasteiger partial charge is 0.287 e. The molecule has 19 heavy (non-hydrogen) atoms. The van der Waals surface area contributed by atoms with Crippen LogP contribution >= 0.6 is 12.6 Å². The molecule has 0 amide bonds. The Bertz CT molecular complexity index is 355. The second-order valence-corrected chi connectivity index (χ2v) is 5.56. The van der Waals surface area contributed by atoms with Crippen LogP contribution in [-0.4, -0.2) is 37.1 Å². The van der Waals surface area contributed by atoms with E-state index in [2.05, 4.69) is 42.4 Å². The van der Waals surface area contributed by atoms with Gasteiger partial charge in [-0.05, 0) is 23.2 Å².